The minimum atomic E-state index is -0.630. The average molecular weight is 226 g/mol. The van der Waals surface area contributed by atoms with Gasteiger partial charge >= 0.3 is 0 Å². The van der Waals surface area contributed by atoms with Gasteiger partial charge in [-0.25, -0.2) is 4.39 Å². The second kappa shape index (κ2) is 6.17. The van der Waals surface area contributed by atoms with E-state index in [-0.39, 0.29) is 18.2 Å². The van der Waals surface area contributed by atoms with E-state index in [2.05, 4.69) is 10.3 Å². The minimum absolute atomic E-state index is 0.00847. The summed E-state index contributed by atoms with van der Waals surface area (Å²) in [5.41, 5.74) is -0.00847. The molecule has 0 aromatic carbocycles. The molecule has 0 aliphatic rings. The van der Waals surface area contributed by atoms with E-state index < -0.39 is 11.7 Å². The van der Waals surface area contributed by atoms with Gasteiger partial charge in [-0.1, -0.05) is 0 Å². The lowest BCUT2D eigenvalue weighted by Crippen LogP contribution is -2.33. The lowest BCUT2D eigenvalue weighted by molar-refractivity contribution is 0.0932. The van der Waals surface area contributed by atoms with Crippen LogP contribution in [0.5, 0.6) is 0 Å². The number of nitrogens with one attached hydrogen (secondary N) is 1. The van der Waals surface area contributed by atoms with Crippen molar-refractivity contribution in [1.29, 1.82) is 0 Å². The van der Waals surface area contributed by atoms with Crippen molar-refractivity contribution in [3.8, 4) is 0 Å². The molecule has 1 heterocycles. The van der Waals surface area contributed by atoms with Crippen molar-refractivity contribution >= 4 is 5.91 Å². The van der Waals surface area contributed by atoms with Gasteiger partial charge in [0.25, 0.3) is 5.91 Å². The Morgan fingerprint density at radius 2 is 2.44 bits per heavy atom. The summed E-state index contributed by atoms with van der Waals surface area (Å²) < 4.78 is 13.2. The highest BCUT2D eigenvalue weighted by Gasteiger charge is 2.13. The monoisotopic (exact) mass is 226 g/mol. The number of aromatic nitrogens is 1. The molecule has 16 heavy (non-hydrogen) atoms. The zero-order valence-corrected chi connectivity index (χ0v) is 9.11. The SMILES string of the molecule is CC(CCCO)NC(=O)c1ccncc1F. The molecule has 0 aliphatic heterocycles. The van der Waals surface area contributed by atoms with E-state index in [1.54, 1.807) is 0 Å². The van der Waals surface area contributed by atoms with Crippen LogP contribution in [0.25, 0.3) is 0 Å². The zero-order valence-electron chi connectivity index (χ0n) is 9.11. The van der Waals surface area contributed by atoms with Gasteiger partial charge in [0.1, 0.15) is 0 Å². The molecular formula is C11H15FN2O2. The standard InChI is InChI=1S/C11H15FN2O2/c1-8(3-2-6-15)14-11(16)9-4-5-13-7-10(9)12/h4-5,7-8,15H,2-3,6H2,1H3,(H,14,16). The normalized spacial score (nSPS) is 12.2. The molecule has 1 unspecified atom stereocenters. The molecule has 0 saturated carbocycles. The lowest BCUT2D eigenvalue weighted by Gasteiger charge is -2.13. The summed E-state index contributed by atoms with van der Waals surface area (Å²) in [6.07, 6.45) is 3.65. The smallest absolute Gasteiger partial charge is 0.254 e. The lowest BCUT2D eigenvalue weighted by atomic mass is 10.1. The third-order valence-corrected chi connectivity index (χ3v) is 2.19. The first-order valence-corrected chi connectivity index (χ1v) is 5.16. The van der Waals surface area contributed by atoms with Gasteiger partial charge < -0.3 is 10.4 Å². The van der Waals surface area contributed by atoms with E-state index in [1.165, 1.54) is 12.3 Å². The van der Waals surface area contributed by atoms with Crippen molar-refractivity contribution in [1.82, 2.24) is 10.3 Å². The summed E-state index contributed by atoms with van der Waals surface area (Å²) in [6, 6.07) is 1.25. The molecule has 0 spiro atoms. The Balaban J connectivity index is 2.56. The van der Waals surface area contributed by atoms with Crippen LogP contribution < -0.4 is 5.32 Å². The van der Waals surface area contributed by atoms with E-state index in [0.29, 0.717) is 12.8 Å². The van der Waals surface area contributed by atoms with Crippen molar-refractivity contribution in [3.05, 3.63) is 29.8 Å². The highest BCUT2D eigenvalue weighted by atomic mass is 19.1. The van der Waals surface area contributed by atoms with E-state index in [0.717, 1.165) is 6.20 Å². The highest BCUT2D eigenvalue weighted by Crippen LogP contribution is 2.05. The van der Waals surface area contributed by atoms with Crippen LogP contribution in [0.2, 0.25) is 0 Å². The van der Waals surface area contributed by atoms with Gasteiger partial charge in [0.2, 0.25) is 0 Å². The second-order valence-corrected chi connectivity index (χ2v) is 3.60. The molecule has 1 atom stereocenters. The molecule has 1 aromatic heterocycles. The van der Waals surface area contributed by atoms with E-state index in [1.807, 2.05) is 6.92 Å². The van der Waals surface area contributed by atoms with Crippen LogP contribution in [0.4, 0.5) is 4.39 Å². The zero-order chi connectivity index (χ0) is 12.0. The Morgan fingerprint density at radius 3 is 3.06 bits per heavy atom. The molecule has 0 saturated heterocycles. The summed E-state index contributed by atoms with van der Waals surface area (Å²) in [4.78, 5) is 15.2. The Labute approximate surface area is 93.5 Å². The fraction of sp³-hybridized carbons (Fsp3) is 0.455. The Kier molecular flexibility index (Phi) is 4.85. The molecular weight excluding hydrogens is 211 g/mol. The van der Waals surface area contributed by atoms with Gasteiger partial charge in [-0.3, -0.25) is 9.78 Å². The van der Waals surface area contributed by atoms with E-state index in [4.69, 9.17) is 5.11 Å². The van der Waals surface area contributed by atoms with E-state index in [9.17, 15) is 9.18 Å². The molecule has 1 rings (SSSR count). The predicted octanol–water partition coefficient (Wildman–Crippen LogP) is 1.11. The summed E-state index contributed by atoms with van der Waals surface area (Å²) in [5, 5.41) is 11.3. The van der Waals surface area contributed by atoms with Gasteiger partial charge in [-0.15, -0.1) is 0 Å². The molecule has 0 bridgehead atoms. The first kappa shape index (κ1) is 12.6. The molecule has 0 aliphatic carbocycles. The highest BCUT2D eigenvalue weighted by molar-refractivity contribution is 5.94. The van der Waals surface area contributed by atoms with Crippen molar-refractivity contribution < 1.29 is 14.3 Å². The summed E-state index contributed by atoms with van der Waals surface area (Å²) in [5.74, 6) is -1.08. The third-order valence-electron chi connectivity index (χ3n) is 2.19. The first-order chi connectivity index (χ1) is 7.65. The number of rotatable bonds is 5. The molecule has 88 valence electrons. The second-order valence-electron chi connectivity index (χ2n) is 3.60. The topological polar surface area (TPSA) is 62.2 Å². The number of aliphatic hydroxyl groups is 1. The Morgan fingerprint density at radius 1 is 1.69 bits per heavy atom. The number of halogens is 1. The van der Waals surface area contributed by atoms with Gasteiger partial charge in [0.15, 0.2) is 5.82 Å². The molecule has 5 heteroatoms. The maximum absolute atomic E-state index is 13.2. The number of pyridine rings is 1. The molecule has 1 aromatic rings. The van der Waals surface area contributed by atoms with Crippen molar-refractivity contribution in [3.63, 3.8) is 0 Å². The number of hydrogen-bond donors (Lipinski definition) is 2. The molecule has 0 fully saturated rings. The maximum Gasteiger partial charge on any atom is 0.254 e. The summed E-state index contributed by atoms with van der Waals surface area (Å²) in [7, 11) is 0. The van der Waals surface area contributed by atoms with Crippen molar-refractivity contribution in [2.75, 3.05) is 6.61 Å². The largest absolute Gasteiger partial charge is 0.396 e. The van der Waals surface area contributed by atoms with Crippen LogP contribution in [0.15, 0.2) is 18.5 Å². The van der Waals surface area contributed by atoms with Crippen LogP contribution in [0.3, 0.4) is 0 Å². The number of hydrogen-bond acceptors (Lipinski definition) is 3. The number of amides is 1. The van der Waals surface area contributed by atoms with Gasteiger partial charge in [-0.2, -0.15) is 0 Å². The Bertz CT molecular complexity index is 358. The number of aliphatic hydroxyl groups excluding tert-OH is 1. The molecule has 1 amide bonds. The van der Waals surface area contributed by atoms with Crippen LogP contribution in [-0.2, 0) is 0 Å². The molecule has 0 radical (unpaired) electrons. The number of nitrogens with zero attached hydrogens (tertiary/aromatic N) is 1. The molecule has 2 N–H and O–H groups in total. The van der Waals surface area contributed by atoms with Crippen LogP contribution >= 0.6 is 0 Å². The third kappa shape index (κ3) is 3.58. The average Bonchev–Trinajstić information content (AvgIpc) is 2.26. The van der Waals surface area contributed by atoms with E-state index >= 15 is 0 Å². The van der Waals surface area contributed by atoms with Gasteiger partial charge in [0, 0.05) is 18.8 Å². The van der Waals surface area contributed by atoms with Crippen LogP contribution in [0.1, 0.15) is 30.1 Å². The number of carbonyl (C=O) groups is 1. The van der Waals surface area contributed by atoms with Crippen molar-refractivity contribution in [2.45, 2.75) is 25.8 Å². The maximum atomic E-state index is 13.2. The molecule has 4 nitrogen and oxygen atoms in total. The number of carbonyl (C=O) groups excluding carboxylic acids is 1. The summed E-state index contributed by atoms with van der Waals surface area (Å²) in [6.45, 7) is 1.90. The summed E-state index contributed by atoms with van der Waals surface area (Å²) >= 11 is 0. The van der Waals surface area contributed by atoms with Crippen LogP contribution in [-0.4, -0.2) is 28.6 Å². The van der Waals surface area contributed by atoms with Crippen LogP contribution in [0, 0.1) is 5.82 Å². The fourth-order valence-corrected chi connectivity index (χ4v) is 1.33. The first-order valence-electron chi connectivity index (χ1n) is 5.16. The Hall–Kier alpha value is -1.49. The van der Waals surface area contributed by atoms with Gasteiger partial charge in [0.05, 0.1) is 11.8 Å². The van der Waals surface area contributed by atoms with Crippen molar-refractivity contribution in [2.24, 2.45) is 0 Å². The minimum Gasteiger partial charge on any atom is -0.396 e. The predicted molar refractivity (Wildman–Crippen MR) is 57.4 cm³/mol. The fourth-order valence-electron chi connectivity index (χ4n) is 1.33. The van der Waals surface area contributed by atoms with Gasteiger partial charge in [-0.05, 0) is 25.8 Å². The quantitative estimate of drug-likeness (QED) is 0.790.